The van der Waals surface area contributed by atoms with E-state index < -0.39 is 0 Å². The number of rotatable bonds is 6. The fourth-order valence-corrected chi connectivity index (χ4v) is 5.85. The second kappa shape index (κ2) is 11.8. The summed E-state index contributed by atoms with van der Waals surface area (Å²) in [5.41, 5.74) is 4.60. The molecule has 1 fully saturated rings. The molecule has 186 valence electrons. The van der Waals surface area contributed by atoms with Crippen molar-refractivity contribution in [3.05, 3.63) is 53.9 Å². The van der Waals surface area contributed by atoms with Crippen molar-refractivity contribution in [2.24, 2.45) is 0 Å². The first kappa shape index (κ1) is 26.8. The van der Waals surface area contributed by atoms with E-state index in [1.807, 2.05) is 12.4 Å². The van der Waals surface area contributed by atoms with Crippen molar-refractivity contribution >= 4 is 45.1 Å². The van der Waals surface area contributed by atoms with Crippen LogP contribution in [0.5, 0.6) is 0 Å². The summed E-state index contributed by atoms with van der Waals surface area (Å²) >= 11 is 3.50. The number of hydrogen-bond acceptors (Lipinski definition) is 8. The van der Waals surface area contributed by atoms with E-state index in [-0.39, 0.29) is 11.0 Å². The molecule has 4 N–H and O–H groups in total. The number of aromatic nitrogens is 4. The lowest BCUT2D eigenvalue weighted by atomic mass is 10.0. The van der Waals surface area contributed by atoms with Gasteiger partial charge in [0.1, 0.15) is 12.1 Å². The van der Waals surface area contributed by atoms with Gasteiger partial charge in [-0.3, -0.25) is 0 Å². The molecule has 4 heterocycles. The summed E-state index contributed by atoms with van der Waals surface area (Å²) in [6, 6.07) is 9.14. The van der Waals surface area contributed by atoms with Gasteiger partial charge in [-0.05, 0) is 48.8 Å². The molecule has 4 aromatic rings. The van der Waals surface area contributed by atoms with Gasteiger partial charge in [0, 0.05) is 54.4 Å². The number of aryl methyl sites for hydroxylation is 1. The average Bonchev–Trinajstić information content (AvgIpc) is 3.33. The number of thiophene rings is 1. The Morgan fingerprint density at radius 1 is 1.03 bits per heavy atom. The van der Waals surface area contributed by atoms with Gasteiger partial charge in [-0.25, -0.2) is 19.9 Å². The smallest absolute Gasteiger partial charge is 0.225 e. The normalized spacial score (nSPS) is 13.9. The van der Waals surface area contributed by atoms with Crippen molar-refractivity contribution < 1.29 is 11.0 Å². The van der Waals surface area contributed by atoms with E-state index in [0.29, 0.717) is 6.04 Å². The van der Waals surface area contributed by atoms with Crippen LogP contribution in [0.1, 0.15) is 25.3 Å². The molecule has 1 aromatic carbocycles. The standard InChI is InChI=1S/C25H28N6S2.2H2O/c1-4-17-13-26-25(27-14-17)31-11-9-19(10-12-31)30(2)24-23-22(28-16-29-24)21(15-33-23)18-5-7-20(32-3)8-6-18;;/h5-8,13-16,19H,4,9-12H2,1-3H3;2*1H2. The molecule has 35 heavy (non-hydrogen) atoms. The first-order chi connectivity index (χ1) is 16.2. The zero-order valence-corrected chi connectivity index (χ0v) is 21.9. The van der Waals surface area contributed by atoms with E-state index in [4.69, 9.17) is 4.98 Å². The maximum Gasteiger partial charge on any atom is 0.225 e. The largest absolute Gasteiger partial charge is 0.412 e. The Morgan fingerprint density at radius 2 is 1.71 bits per heavy atom. The van der Waals surface area contributed by atoms with E-state index in [9.17, 15) is 0 Å². The predicted molar refractivity (Wildman–Crippen MR) is 147 cm³/mol. The summed E-state index contributed by atoms with van der Waals surface area (Å²) in [7, 11) is 2.17. The fourth-order valence-electron chi connectivity index (χ4n) is 4.38. The van der Waals surface area contributed by atoms with Crippen LogP contribution in [0.25, 0.3) is 21.3 Å². The predicted octanol–water partition coefficient (Wildman–Crippen LogP) is 3.89. The van der Waals surface area contributed by atoms with Gasteiger partial charge in [-0.2, -0.15) is 0 Å². The highest BCUT2D eigenvalue weighted by Crippen LogP contribution is 2.38. The molecular weight excluding hydrogens is 480 g/mol. The minimum absolute atomic E-state index is 0. The van der Waals surface area contributed by atoms with E-state index in [1.54, 1.807) is 29.4 Å². The topological polar surface area (TPSA) is 121 Å². The second-order valence-electron chi connectivity index (χ2n) is 8.33. The van der Waals surface area contributed by atoms with Gasteiger partial charge in [0.25, 0.3) is 0 Å². The number of thioether (sulfide) groups is 1. The number of benzene rings is 1. The lowest BCUT2D eigenvalue weighted by Crippen LogP contribution is -2.44. The maximum absolute atomic E-state index is 4.70. The van der Waals surface area contributed by atoms with Gasteiger partial charge in [-0.1, -0.05) is 19.1 Å². The molecule has 5 rings (SSSR count). The van der Waals surface area contributed by atoms with Crippen molar-refractivity contribution in [3.8, 4) is 11.1 Å². The van der Waals surface area contributed by atoms with Crippen molar-refractivity contribution in [3.63, 3.8) is 0 Å². The highest BCUT2D eigenvalue weighted by atomic mass is 32.2. The van der Waals surface area contributed by atoms with Crippen LogP contribution in [0.2, 0.25) is 0 Å². The zero-order valence-electron chi connectivity index (χ0n) is 20.2. The van der Waals surface area contributed by atoms with Gasteiger partial charge >= 0.3 is 0 Å². The fraction of sp³-hybridized carbons (Fsp3) is 0.360. The van der Waals surface area contributed by atoms with Gasteiger partial charge < -0.3 is 20.8 Å². The molecule has 0 amide bonds. The molecule has 0 atom stereocenters. The van der Waals surface area contributed by atoms with Crippen LogP contribution in [-0.4, -0.2) is 63.3 Å². The minimum Gasteiger partial charge on any atom is -0.412 e. The van der Waals surface area contributed by atoms with Crippen molar-refractivity contribution in [2.75, 3.05) is 36.2 Å². The molecule has 0 spiro atoms. The van der Waals surface area contributed by atoms with Crippen LogP contribution in [0.15, 0.2) is 53.3 Å². The van der Waals surface area contributed by atoms with Crippen molar-refractivity contribution in [2.45, 2.75) is 37.1 Å². The summed E-state index contributed by atoms with van der Waals surface area (Å²) in [6.45, 7) is 4.03. The number of piperidine rings is 1. The molecule has 3 aromatic heterocycles. The number of anilines is 2. The van der Waals surface area contributed by atoms with Crippen LogP contribution >= 0.6 is 23.1 Å². The Bertz CT molecular complexity index is 1230. The molecule has 1 aliphatic rings. The van der Waals surface area contributed by atoms with Crippen molar-refractivity contribution in [1.82, 2.24) is 19.9 Å². The first-order valence-corrected chi connectivity index (χ1v) is 13.4. The monoisotopic (exact) mass is 512 g/mol. The summed E-state index contributed by atoms with van der Waals surface area (Å²) in [4.78, 5) is 24.4. The number of fused-ring (bicyclic) bond motifs is 1. The zero-order chi connectivity index (χ0) is 22.8. The summed E-state index contributed by atoms with van der Waals surface area (Å²) in [6.07, 6.45) is 10.8. The van der Waals surface area contributed by atoms with Crippen molar-refractivity contribution in [1.29, 1.82) is 0 Å². The SMILES string of the molecule is CCc1cnc(N2CCC(N(C)c3ncnc4c(-c5ccc(SC)cc5)csc34)CC2)nc1.O.O. The third kappa shape index (κ3) is 5.40. The molecule has 0 aliphatic carbocycles. The van der Waals surface area contributed by atoms with Gasteiger partial charge in [0.2, 0.25) is 5.95 Å². The lowest BCUT2D eigenvalue weighted by Gasteiger charge is -2.37. The van der Waals surface area contributed by atoms with Crippen LogP contribution in [0.3, 0.4) is 0 Å². The summed E-state index contributed by atoms with van der Waals surface area (Å²) < 4.78 is 1.16. The van der Waals surface area contributed by atoms with Crippen LogP contribution < -0.4 is 9.80 Å². The van der Waals surface area contributed by atoms with Crippen LogP contribution in [-0.2, 0) is 6.42 Å². The number of nitrogens with zero attached hydrogens (tertiary/aromatic N) is 6. The molecule has 8 nitrogen and oxygen atoms in total. The van der Waals surface area contributed by atoms with E-state index in [0.717, 1.165) is 54.3 Å². The average molecular weight is 513 g/mol. The molecule has 0 unspecified atom stereocenters. The summed E-state index contributed by atoms with van der Waals surface area (Å²) in [5.74, 6) is 1.87. The van der Waals surface area contributed by atoms with Crippen LogP contribution in [0, 0.1) is 0 Å². The Hall–Kier alpha value is -2.79. The van der Waals surface area contributed by atoms with E-state index in [1.165, 1.54) is 21.6 Å². The highest BCUT2D eigenvalue weighted by Gasteiger charge is 2.26. The maximum atomic E-state index is 4.70. The van der Waals surface area contributed by atoms with Gasteiger partial charge in [0.15, 0.2) is 0 Å². The Morgan fingerprint density at radius 3 is 2.34 bits per heavy atom. The van der Waals surface area contributed by atoms with Gasteiger partial charge in [0.05, 0.1) is 10.2 Å². The molecule has 0 saturated carbocycles. The Labute approximate surface area is 214 Å². The minimum atomic E-state index is 0. The second-order valence-corrected chi connectivity index (χ2v) is 10.1. The Kier molecular flexibility index (Phi) is 9.01. The molecular formula is C25H32N6O2S2. The highest BCUT2D eigenvalue weighted by molar-refractivity contribution is 7.98. The third-order valence-corrected chi connectivity index (χ3v) is 8.17. The number of hydrogen-bond donors (Lipinski definition) is 0. The molecule has 0 radical (unpaired) electrons. The summed E-state index contributed by atoms with van der Waals surface area (Å²) in [5, 5.41) is 2.21. The molecule has 1 aliphatic heterocycles. The lowest BCUT2D eigenvalue weighted by molar-refractivity contribution is 0.476. The van der Waals surface area contributed by atoms with Gasteiger partial charge in [-0.15, -0.1) is 23.1 Å². The van der Waals surface area contributed by atoms with E-state index in [2.05, 4.69) is 74.6 Å². The quantitative estimate of drug-likeness (QED) is 0.359. The first-order valence-electron chi connectivity index (χ1n) is 11.3. The molecule has 0 bridgehead atoms. The molecule has 1 saturated heterocycles. The van der Waals surface area contributed by atoms with E-state index >= 15 is 0 Å². The Balaban J connectivity index is 0.00000171. The van der Waals surface area contributed by atoms with Crippen LogP contribution in [0.4, 0.5) is 11.8 Å². The molecule has 10 heteroatoms. The third-order valence-electron chi connectivity index (χ3n) is 6.46.